The summed E-state index contributed by atoms with van der Waals surface area (Å²) in [6.07, 6.45) is 2.94. The highest BCUT2D eigenvalue weighted by atomic mass is 16.7. The van der Waals surface area contributed by atoms with Gasteiger partial charge in [0.2, 0.25) is 18.6 Å². The van der Waals surface area contributed by atoms with E-state index in [2.05, 4.69) is 10.6 Å². The third-order valence-corrected chi connectivity index (χ3v) is 5.61. The first-order valence-electron chi connectivity index (χ1n) is 11.4. The highest BCUT2D eigenvalue weighted by molar-refractivity contribution is 6.01. The molecule has 11 nitrogen and oxygen atoms in total. The van der Waals surface area contributed by atoms with Crippen LogP contribution in [0.5, 0.6) is 11.5 Å². The summed E-state index contributed by atoms with van der Waals surface area (Å²) in [5, 5.41) is 23.2. The van der Waals surface area contributed by atoms with Gasteiger partial charge in [-0.05, 0) is 65.7 Å². The first kappa shape index (κ1) is 25.9. The highest BCUT2D eigenvalue weighted by Gasteiger charge is 2.21. The van der Waals surface area contributed by atoms with Gasteiger partial charge in [-0.15, -0.1) is 0 Å². The van der Waals surface area contributed by atoms with Crippen LogP contribution in [-0.2, 0) is 16.0 Å². The van der Waals surface area contributed by atoms with Crippen LogP contribution in [0.4, 0.5) is 5.69 Å². The molecule has 0 aromatic heterocycles. The van der Waals surface area contributed by atoms with Gasteiger partial charge in [-0.25, -0.2) is 10.3 Å². The number of anilines is 1. The number of carbonyl (C=O) groups excluding carboxylic acids is 3. The number of fused-ring (bicyclic) bond motifs is 1. The molecule has 4 rings (SSSR count). The number of carbonyl (C=O) groups is 4. The molecule has 194 valence electrons. The first-order chi connectivity index (χ1) is 18.3. The van der Waals surface area contributed by atoms with E-state index in [-0.39, 0.29) is 24.3 Å². The van der Waals surface area contributed by atoms with Crippen molar-refractivity contribution < 1.29 is 39.0 Å². The molecule has 3 amide bonds. The molecule has 1 aliphatic heterocycles. The van der Waals surface area contributed by atoms with Crippen LogP contribution < -0.4 is 25.6 Å². The number of rotatable bonds is 9. The molecule has 1 atom stereocenters. The van der Waals surface area contributed by atoms with Crippen molar-refractivity contribution in [2.75, 3.05) is 12.1 Å². The summed E-state index contributed by atoms with van der Waals surface area (Å²) in [5.74, 6) is -1.66. The van der Waals surface area contributed by atoms with Crippen molar-refractivity contribution in [3.05, 3.63) is 95.1 Å². The van der Waals surface area contributed by atoms with E-state index < -0.39 is 29.7 Å². The maximum Gasteiger partial charge on any atom is 0.335 e. The molecule has 0 saturated carbocycles. The summed E-state index contributed by atoms with van der Waals surface area (Å²) in [5.41, 5.74) is 3.49. The Morgan fingerprint density at radius 1 is 0.895 bits per heavy atom. The van der Waals surface area contributed by atoms with E-state index in [1.807, 2.05) is 0 Å². The minimum Gasteiger partial charge on any atom is -0.478 e. The molecular weight excluding hydrogens is 494 g/mol. The number of amides is 3. The SMILES string of the molecule is O=C(/C=C/c1ccc2c(c1)OCO2)NC(Cc1ccc(C(=O)O)cc1)C(=O)Nc1ccc(C(=O)NO)cc1. The molecule has 1 unspecified atom stereocenters. The van der Waals surface area contributed by atoms with Crippen LogP contribution in [0.15, 0.2) is 72.8 Å². The zero-order valence-electron chi connectivity index (χ0n) is 19.8. The van der Waals surface area contributed by atoms with Gasteiger partial charge in [0.25, 0.3) is 5.91 Å². The van der Waals surface area contributed by atoms with Crippen molar-refractivity contribution >= 4 is 35.5 Å². The Balaban J connectivity index is 1.48. The second-order valence-electron chi connectivity index (χ2n) is 8.22. The number of ether oxygens (including phenoxy) is 2. The molecule has 1 heterocycles. The average molecular weight is 517 g/mol. The van der Waals surface area contributed by atoms with Crippen LogP contribution in [0.25, 0.3) is 6.08 Å². The maximum atomic E-state index is 13.1. The molecule has 0 saturated heterocycles. The number of aromatic carboxylic acids is 1. The number of carboxylic acid groups (broad SMARTS) is 1. The smallest absolute Gasteiger partial charge is 0.335 e. The molecule has 1 aliphatic rings. The summed E-state index contributed by atoms with van der Waals surface area (Å²) in [4.78, 5) is 48.5. The molecule has 3 aromatic rings. The highest BCUT2D eigenvalue weighted by Crippen LogP contribution is 2.32. The minimum atomic E-state index is -1.08. The van der Waals surface area contributed by atoms with Gasteiger partial charge < -0.3 is 25.2 Å². The van der Waals surface area contributed by atoms with Crippen molar-refractivity contribution in [2.24, 2.45) is 0 Å². The quantitative estimate of drug-likeness (QED) is 0.164. The third-order valence-electron chi connectivity index (χ3n) is 5.61. The number of carboxylic acids is 1. The molecule has 5 N–H and O–H groups in total. The van der Waals surface area contributed by atoms with Crippen LogP contribution in [0, 0.1) is 0 Å². The Hall–Kier alpha value is -5.16. The van der Waals surface area contributed by atoms with Gasteiger partial charge in [0.15, 0.2) is 11.5 Å². The Morgan fingerprint density at radius 3 is 2.26 bits per heavy atom. The Kier molecular flexibility index (Phi) is 7.99. The fourth-order valence-electron chi connectivity index (χ4n) is 3.64. The van der Waals surface area contributed by atoms with Crippen molar-refractivity contribution in [2.45, 2.75) is 12.5 Å². The fourth-order valence-corrected chi connectivity index (χ4v) is 3.64. The van der Waals surface area contributed by atoms with Crippen molar-refractivity contribution in [3.8, 4) is 11.5 Å². The van der Waals surface area contributed by atoms with Crippen LogP contribution in [-0.4, -0.2) is 46.8 Å². The number of hydroxylamine groups is 1. The number of hydrogen-bond acceptors (Lipinski definition) is 7. The van der Waals surface area contributed by atoms with Gasteiger partial charge in [0.05, 0.1) is 5.56 Å². The molecular formula is C27H23N3O8. The molecule has 38 heavy (non-hydrogen) atoms. The fraction of sp³-hybridized carbons (Fsp3) is 0.111. The Labute approximate surface area is 216 Å². The van der Waals surface area contributed by atoms with Crippen molar-refractivity contribution in [1.82, 2.24) is 10.8 Å². The standard InChI is InChI=1S/C27H23N3O8/c31-24(12-4-17-3-11-22-23(14-17)38-15-37-22)29-21(13-16-1-5-19(6-2-16)27(34)35)26(33)28-20-9-7-18(8-10-20)25(32)30-36/h1-12,14,21,36H,13,15H2,(H,28,33)(H,29,31)(H,30,32)(H,34,35)/b12-4+. The lowest BCUT2D eigenvalue weighted by molar-refractivity contribution is -0.123. The molecule has 0 spiro atoms. The summed E-state index contributed by atoms with van der Waals surface area (Å²) < 4.78 is 10.6. The zero-order chi connectivity index (χ0) is 27.1. The third kappa shape index (κ3) is 6.53. The van der Waals surface area contributed by atoms with E-state index in [1.165, 1.54) is 48.0 Å². The Bertz CT molecular complexity index is 1380. The average Bonchev–Trinajstić information content (AvgIpc) is 3.40. The zero-order valence-corrected chi connectivity index (χ0v) is 19.8. The van der Waals surface area contributed by atoms with E-state index in [1.54, 1.807) is 36.4 Å². The van der Waals surface area contributed by atoms with Crippen LogP contribution >= 0.6 is 0 Å². The van der Waals surface area contributed by atoms with Gasteiger partial charge >= 0.3 is 5.97 Å². The van der Waals surface area contributed by atoms with E-state index in [9.17, 15) is 19.2 Å². The van der Waals surface area contributed by atoms with Gasteiger partial charge in [0, 0.05) is 23.7 Å². The normalized spacial score (nSPS) is 12.6. The van der Waals surface area contributed by atoms with Gasteiger partial charge in [0.1, 0.15) is 6.04 Å². The summed E-state index contributed by atoms with van der Waals surface area (Å²) in [6, 6.07) is 15.9. The van der Waals surface area contributed by atoms with Crippen LogP contribution in [0.2, 0.25) is 0 Å². The summed E-state index contributed by atoms with van der Waals surface area (Å²) in [6.45, 7) is 0.130. The second-order valence-corrected chi connectivity index (χ2v) is 8.22. The first-order valence-corrected chi connectivity index (χ1v) is 11.4. The lowest BCUT2D eigenvalue weighted by atomic mass is 10.0. The lowest BCUT2D eigenvalue weighted by Gasteiger charge is -2.18. The van der Waals surface area contributed by atoms with Gasteiger partial charge in [-0.1, -0.05) is 18.2 Å². The topological polar surface area (TPSA) is 163 Å². The number of hydrogen-bond donors (Lipinski definition) is 5. The predicted molar refractivity (Wildman–Crippen MR) is 135 cm³/mol. The largest absolute Gasteiger partial charge is 0.478 e. The number of benzene rings is 3. The van der Waals surface area contributed by atoms with Crippen molar-refractivity contribution in [3.63, 3.8) is 0 Å². The molecule has 0 aliphatic carbocycles. The molecule has 0 radical (unpaired) electrons. The van der Waals surface area contributed by atoms with E-state index in [0.29, 0.717) is 28.3 Å². The Morgan fingerprint density at radius 2 is 1.58 bits per heavy atom. The second kappa shape index (κ2) is 11.7. The number of nitrogens with one attached hydrogen (secondary N) is 3. The van der Waals surface area contributed by atoms with Gasteiger partial charge in [-0.3, -0.25) is 19.6 Å². The van der Waals surface area contributed by atoms with E-state index in [0.717, 1.165) is 0 Å². The lowest BCUT2D eigenvalue weighted by Crippen LogP contribution is -2.44. The van der Waals surface area contributed by atoms with Gasteiger partial charge in [-0.2, -0.15) is 0 Å². The predicted octanol–water partition coefficient (Wildman–Crippen LogP) is 2.61. The summed E-state index contributed by atoms with van der Waals surface area (Å²) >= 11 is 0. The molecule has 0 bridgehead atoms. The van der Waals surface area contributed by atoms with Crippen LogP contribution in [0.1, 0.15) is 31.8 Å². The van der Waals surface area contributed by atoms with E-state index in [4.69, 9.17) is 19.8 Å². The minimum absolute atomic E-state index is 0.0837. The summed E-state index contributed by atoms with van der Waals surface area (Å²) in [7, 11) is 0. The monoisotopic (exact) mass is 517 g/mol. The molecule has 3 aromatic carbocycles. The van der Waals surface area contributed by atoms with E-state index >= 15 is 0 Å². The van der Waals surface area contributed by atoms with Crippen molar-refractivity contribution in [1.29, 1.82) is 0 Å². The maximum absolute atomic E-state index is 13.1. The van der Waals surface area contributed by atoms with Crippen LogP contribution in [0.3, 0.4) is 0 Å². The molecule has 11 heteroatoms. The molecule has 0 fully saturated rings.